The number of rotatable bonds is 5. The molecule has 3 aromatic rings. The minimum absolute atomic E-state index is 0.00514. The molecule has 128 valence electrons. The summed E-state index contributed by atoms with van der Waals surface area (Å²) in [5.74, 6) is -1.27. The summed E-state index contributed by atoms with van der Waals surface area (Å²) in [5, 5.41) is 10.8. The number of hydrogen-bond acceptors (Lipinski definition) is 6. The maximum atomic E-state index is 12.2. The number of carbonyl (C=O) groups excluding carboxylic acids is 2. The molecule has 0 aliphatic carbocycles. The molecular weight excluding hydrogens is 324 g/mol. The summed E-state index contributed by atoms with van der Waals surface area (Å²) >= 11 is 0. The quantitative estimate of drug-likeness (QED) is 0.711. The summed E-state index contributed by atoms with van der Waals surface area (Å²) in [5.41, 5.74) is 2.62. The number of methoxy groups -OCH3 is 1. The molecule has 0 aliphatic heterocycles. The van der Waals surface area contributed by atoms with Gasteiger partial charge in [0.05, 0.1) is 12.8 Å². The Kier molecular flexibility index (Phi) is 4.60. The van der Waals surface area contributed by atoms with E-state index in [9.17, 15) is 9.59 Å². The molecule has 2 heterocycles. The molecule has 0 aliphatic rings. The molecule has 3 rings (SSSR count). The van der Waals surface area contributed by atoms with E-state index in [2.05, 4.69) is 20.3 Å². The largest absolute Gasteiger partial charge is 0.463 e. The van der Waals surface area contributed by atoms with Crippen LogP contribution in [0.15, 0.2) is 47.1 Å². The first-order valence-electron chi connectivity index (χ1n) is 7.49. The zero-order valence-corrected chi connectivity index (χ0v) is 13.7. The van der Waals surface area contributed by atoms with Gasteiger partial charge in [0.2, 0.25) is 5.76 Å². The Morgan fingerprint density at radius 1 is 1.28 bits per heavy atom. The zero-order valence-electron chi connectivity index (χ0n) is 13.7. The van der Waals surface area contributed by atoms with Crippen LogP contribution in [0.5, 0.6) is 0 Å². The van der Waals surface area contributed by atoms with Crippen LogP contribution in [-0.4, -0.2) is 33.9 Å². The van der Waals surface area contributed by atoms with Gasteiger partial charge in [0.15, 0.2) is 5.69 Å². The molecule has 0 bridgehead atoms. The number of carbonyl (C=O) groups is 2. The lowest BCUT2D eigenvalue weighted by atomic mass is 10.1. The van der Waals surface area contributed by atoms with Crippen molar-refractivity contribution in [2.75, 3.05) is 7.11 Å². The van der Waals surface area contributed by atoms with Crippen LogP contribution >= 0.6 is 0 Å². The van der Waals surface area contributed by atoms with Gasteiger partial charge in [-0.25, -0.2) is 4.79 Å². The highest BCUT2D eigenvalue weighted by atomic mass is 16.5. The van der Waals surface area contributed by atoms with E-state index < -0.39 is 11.9 Å². The van der Waals surface area contributed by atoms with E-state index in [1.807, 2.05) is 43.6 Å². The number of ether oxygens (including phenoxy) is 1. The third-order valence-corrected chi connectivity index (χ3v) is 3.52. The van der Waals surface area contributed by atoms with Gasteiger partial charge in [-0.2, -0.15) is 5.10 Å². The second-order valence-electron chi connectivity index (χ2n) is 5.29. The lowest BCUT2D eigenvalue weighted by Gasteiger charge is -2.03. The van der Waals surface area contributed by atoms with Gasteiger partial charge in [0.1, 0.15) is 0 Å². The molecular formula is C17H16N4O4. The van der Waals surface area contributed by atoms with Crippen LogP contribution < -0.4 is 5.32 Å². The fraction of sp³-hybridized carbons (Fsp3) is 0.176. The molecule has 2 aromatic heterocycles. The van der Waals surface area contributed by atoms with Crippen LogP contribution in [0.2, 0.25) is 0 Å². The van der Waals surface area contributed by atoms with Crippen molar-refractivity contribution in [1.82, 2.24) is 20.3 Å². The summed E-state index contributed by atoms with van der Waals surface area (Å²) in [6.07, 6.45) is 1.84. The highest BCUT2D eigenvalue weighted by molar-refractivity contribution is 5.95. The van der Waals surface area contributed by atoms with Crippen LogP contribution in [0.3, 0.4) is 0 Å². The maximum Gasteiger partial charge on any atom is 0.376 e. The monoisotopic (exact) mass is 340 g/mol. The minimum Gasteiger partial charge on any atom is -0.463 e. The molecule has 0 fully saturated rings. The Hall–Kier alpha value is -3.42. The lowest BCUT2D eigenvalue weighted by Crippen LogP contribution is -2.23. The number of amides is 1. The first-order valence-corrected chi connectivity index (χ1v) is 7.49. The van der Waals surface area contributed by atoms with Crippen molar-refractivity contribution in [3.63, 3.8) is 0 Å². The summed E-state index contributed by atoms with van der Waals surface area (Å²) in [6, 6.07) is 10.9. The lowest BCUT2D eigenvalue weighted by molar-refractivity contribution is 0.0554. The normalized spacial score (nSPS) is 10.5. The predicted octanol–water partition coefficient (Wildman–Crippen LogP) is 1.79. The second kappa shape index (κ2) is 7.00. The number of nitrogens with one attached hydrogen (secondary N) is 1. The van der Waals surface area contributed by atoms with Crippen LogP contribution in [-0.2, 0) is 18.3 Å². The molecule has 0 atom stereocenters. The molecule has 0 spiro atoms. The molecule has 0 unspecified atom stereocenters. The topological polar surface area (TPSA) is 99.2 Å². The Bertz CT molecular complexity index is 899. The van der Waals surface area contributed by atoms with Crippen LogP contribution in [0.1, 0.15) is 26.6 Å². The smallest absolute Gasteiger partial charge is 0.376 e. The van der Waals surface area contributed by atoms with Gasteiger partial charge in [0.25, 0.3) is 5.91 Å². The zero-order chi connectivity index (χ0) is 17.8. The molecule has 1 amide bonds. The number of esters is 1. The molecule has 1 N–H and O–H groups in total. The number of nitrogens with zero attached hydrogens (tertiary/aromatic N) is 3. The van der Waals surface area contributed by atoms with Crippen molar-refractivity contribution in [3.8, 4) is 11.3 Å². The van der Waals surface area contributed by atoms with Crippen molar-refractivity contribution in [2.24, 2.45) is 7.05 Å². The molecule has 25 heavy (non-hydrogen) atoms. The number of aryl methyl sites for hydroxylation is 1. The van der Waals surface area contributed by atoms with Crippen LogP contribution in [0.25, 0.3) is 11.3 Å². The molecule has 1 aromatic carbocycles. The Morgan fingerprint density at radius 2 is 2.04 bits per heavy atom. The number of aromatic nitrogens is 3. The van der Waals surface area contributed by atoms with E-state index in [1.54, 1.807) is 4.68 Å². The number of hydrogen-bond donors (Lipinski definition) is 1. The third kappa shape index (κ3) is 3.57. The Balaban J connectivity index is 1.73. The average Bonchev–Trinajstić information content (AvgIpc) is 3.26. The first-order chi connectivity index (χ1) is 12.1. The molecule has 0 saturated carbocycles. The second-order valence-corrected chi connectivity index (χ2v) is 5.29. The highest BCUT2D eigenvalue weighted by Gasteiger charge is 2.18. The van der Waals surface area contributed by atoms with E-state index >= 15 is 0 Å². The van der Waals surface area contributed by atoms with Gasteiger partial charge in [-0.3, -0.25) is 9.48 Å². The summed E-state index contributed by atoms with van der Waals surface area (Å²) in [7, 11) is 3.04. The van der Waals surface area contributed by atoms with E-state index in [1.165, 1.54) is 13.2 Å². The highest BCUT2D eigenvalue weighted by Crippen LogP contribution is 2.21. The van der Waals surface area contributed by atoms with Crippen molar-refractivity contribution in [3.05, 3.63) is 59.6 Å². The number of benzene rings is 1. The van der Waals surface area contributed by atoms with Crippen LogP contribution in [0.4, 0.5) is 0 Å². The molecule has 8 heteroatoms. The van der Waals surface area contributed by atoms with Gasteiger partial charge in [0, 0.05) is 37.0 Å². The van der Waals surface area contributed by atoms with Crippen LogP contribution in [0, 0.1) is 0 Å². The van der Waals surface area contributed by atoms with E-state index in [0.29, 0.717) is 0 Å². The summed E-state index contributed by atoms with van der Waals surface area (Å²) in [6.45, 7) is 0.261. The van der Waals surface area contributed by atoms with Crippen molar-refractivity contribution >= 4 is 11.9 Å². The van der Waals surface area contributed by atoms with E-state index in [0.717, 1.165) is 16.8 Å². The summed E-state index contributed by atoms with van der Waals surface area (Å²) in [4.78, 5) is 23.5. The van der Waals surface area contributed by atoms with E-state index in [4.69, 9.17) is 4.52 Å². The minimum atomic E-state index is -0.690. The molecule has 0 radical (unpaired) electrons. The predicted molar refractivity (Wildman–Crippen MR) is 87.7 cm³/mol. The van der Waals surface area contributed by atoms with Gasteiger partial charge in [-0.1, -0.05) is 35.5 Å². The fourth-order valence-electron chi connectivity index (χ4n) is 2.35. The molecule has 0 saturated heterocycles. The van der Waals surface area contributed by atoms with E-state index in [-0.39, 0.29) is 18.0 Å². The van der Waals surface area contributed by atoms with Gasteiger partial charge in [-0.05, 0) is 0 Å². The van der Waals surface area contributed by atoms with Crippen molar-refractivity contribution in [2.45, 2.75) is 6.54 Å². The molecule has 8 nitrogen and oxygen atoms in total. The maximum absolute atomic E-state index is 12.2. The van der Waals surface area contributed by atoms with Gasteiger partial charge in [-0.15, -0.1) is 0 Å². The van der Waals surface area contributed by atoms with Crippen molar-refractivity contribution in [1.29, 1.82) is 0 Å². The first kappa shape index (κ1) is 16.4. The standard InChI is InChI=1S/C17H16N4O4/c1-21-10-12(15(19-21)11-6-4-3-5-7-11)9-18-16(22)13-8-14(25-20-13)17(23)24-2/h3-8,10H,9H2,1-2H3,(H,18,22). The van der Waals surface area contributed by atoms with Gasteiger partial charge >= 0.3 is 5.97 Å². The SMILES string of the molecule is COC(=O)c1cc(C(=O)NCc2cn(C)nc2-c2ccccc2)no1. The third-order valence-electron chi connectivity index (χ3n) is 3.52. The Morgan fingerprint density at radius 3 is 2.76 bits per heavy atom. The summed E-state index contributed by atoms with van der Waals surface area (Å²) < 4.78 is 11.0. The average molecular weight is 340 g/mol. The van der Waals surface area contributed by atoms with Gasteiger partial charge < -0.3 is 14.6 Å². The Labute approximate surface area is 143 Å². The van der Waals surface area contributed by atoms with Crippen molar-refractivity contribution < 1.29 is 18.8 Å². The fourth-order valence-corrected chi connectivity index (χ4v) is 2.35.